The van der Waals surface area contributed by atoms with Gasteiger partial charge in [-0.1, -0.05) is 0 Å². The van der Waals surface area contributed by atoms with E-state index in [2.05, 4.69) is 25.7 Å². The molecule has 2 aromatic heterocycles. The number of carbonyl (C=O) groups is 1. The second kappa shape index (κ2) is 4.99. The highest BCUT2D eigenvalue weighted by Crippen LogP contribution is 2.41. The summed E-state index contributed by atoms with van der Waals surface area (Å²) in [6.07, 6.45) is 2.94. The van der Waals surface area contributed by atoms with Crippen LogP contribution in [0.3, 0.4) is 0 Å². The smallest absolute Gasteiger partial charge is 0.251 e. The fourth-order valence-electron chi connectivity index (χ4n) is 3.60. The Kier molecular flexibility index (Phi) is 3.08. The van der Waals surface area contributed by atoms with Crippen LogP contribution in [0.2, 0.25) is 0 Å². The second-order valence-electron chi connectivity index (χ2n) is 6.14. The number of amides is 1. The van der Waals surface area contributed by atoms with E-state index >= 15 is 0 Å². The number of carbonyl (C=O) groups excluding carboxylic acids is 1. The van der Waals surface area contributed by atoms with Crippen LogP contribution in [-0.4, -0.2) is 69.7 Å². The molecule has 1 aliphatic carbocycles. The van der Waals surface area contributed by atoms with Crippen LogP contribution in [0, 0.1) is 5.92 Å². The maximum Gasteiger partial charge on any atom is 0.251 e. The topological polar surface area (TPSA) is 84.7 Å². The molecule has 0 unspecified atom stereocenters. The molecule has 1 saturated heterocycles. The van der Waals surface area contributed by atoms with Crippen molar-refractivity contribution in [1.82, 2.24) is 30.3 Å². The van der Waals surface area contributed by atoms with Crippen molar-refractivity contribution in [3.8, 4) is 0 Å². The zero-order chi connectivity index (χ0) is 15.3. The van der Waals surface area contributed by atoms with Gasteiger partial charge in [0.1, 0.15) is 0 Å². The van der Waals surface area contributed by atoms with Gasteiger partial charge in [-0.25, -0.2) is 4.52 Å². The molecule has 2 aliphatic rings. The molecule has 1 aliphatic heterocycles. The molecule has 2 aromatic rings. The van der Waals surface area contributed by atoms with Crippen LogP contribution < -0.4 is 5.32 Å². The molecule has 4 atom stereocenters. The summed E-state index contributed by atoms with van der Waals surface area (Å²) in [6, 6.07) is 3.78. The molecule has 4 rings (SSSR count). The number of rotatable bonds is 3. The number of likely N-dealkylation sites (N-methyl/N-ethyl adjacent to an activating group) is 1. The van der Waals surface area contributed by atoms with Crippen LogP contribution >= 0.6 is 0 Å². The Morgan fingerprint density at radius 3 is 3.18 bits per heavy atom. The highest BCUT2D eigenvalue weighted by molar-refractivity contribution is 5.95. The van der Waals surface area contributed by atoms with E-state index in [9.17, 15) is 4.79 Å². The summed E-state index contributed by atoms with van der Waals surface area (Å²) >= 11 is 0. The lowest BCUT2D eigenvalue weighted by Crippen LogP contribution is -2.69. The first-order valence-electron chi connectivity index (χ1n) is 7.42. The van der Waals surface area contributed by atoms with E-state index in [1.54, 1.807) is 18.3 Å². The van der Waals surface area contributed by atoms with Gasteiger partial charge < -0.3 is 15.0 Å². The molecule has 116 valence electrons. The van der Waals surface area contributed by atoms with Crippen LogP contribution in [-0.2, 0) is 4.74 Å². The molecule has 1 amide bonds. The Hall–Kier alpha value is -2.06. The zero-order valence-electron chi connectivity index (χ0n) is 12.5. The maximum absolute atomic E-state index is 12.5. The Balaban J connectivity index is 1.53. The van der Waals surface area contributed by atoms with Gasteiger partial charge in [0.25, 0.3) is 5.91 Å². The minimum atomic E-state index is -0.0901. The van der Waals surface area contributed by atoms with Crippen LogP contribution in [0.25, 0.3) is 5.65 Å². The first kappa shape index (κ1) is 13.6. The minimum Gasteiger partial charge on any atom is -0.376 e. The van der Waals surface area contributed by atoms with E-state index in [-0.39, 0.29) is 24.1 Å². The van der Waals surface area contributed by atoms with Gasteiger partial charge in [-0.2, -0.15) is 0 Å². The molecule has 22 heavy (non-hydrogen) atoms. The van der Waals surface area contributed by atoms with Gasteiger partial charge >= 0.3 is 0 Å². The molecule has 1 N–H and O–H groups in total. The van der Waals surface area contributed by atoms with Gasteiger partial charge in [-0.05, 0) is 43.1 Å². The summed E-state index contributed by atoms with van der Waals surface area (Å²) in [4.78, 5) is 14.6. The standard InChI is InChI=1S/C14H18N6O2/c1-19(2)12-11(9-4-6-22-13(9)12)15-14(21)8-3-5-20-10(7-8)16-17-18-20/h3,5,7,9,11-13H,4,6H2,1-2H3,(H,15,21)/t9-,11+,12-,13-/m1/s1. The van der Waals surface area contributed by atoms with Gasteiger partial charge in [0.2, 0.25) is 0 Å². The summed E-state index contributed by atoms with van der Waals surface area (Å²) in [5, 5.41) is 14.4. The van der Waals surface area contributed by atoms with Gasteiger partial charge in [0, 0.05) is 24.3 Å². The van der Waals surface area contributed by atoms with Gasteiger partial charge in [-0.3, -0.25) is 4.79 Å². The van der Waals surface area contributed by atoms with E-state index in [1.165, 1.54) is 4.52 Å². The van der Waals surface area contributed by atoms with Gasteiger partial charge in [0.05, 0.1) is 18.2 Å². The van der Waals surface area contributed by atoms with Crippen molar-refractivity contribution in [1.29, 1.82) is 0 Å². The average molecular weight is 302 g/mol. The van der Waals surface area contributed by atoms with Crippen molar-refractivity contribution in [3.05, 3.63) is 23.9 Å². The number of nitrogens with zero attached hydrogens (tertiary/aromatic N) is 5. The predicted octanol–water partition coefficient (Wildman–Crippen LogP) is -0.428. The van der Waals surface area contributed by atoms with E-state index in [0.717, 1.165) is 13.0 Å². The number of nitrogens with one attached hydrogen (secondary N) is 1. The first-order valence-corrected chi connectivity index (χ1v) is 7.42. The Morgan fingerprint density at radius 2 is 2.36 bits per heavy atom. The normalized spacial score (nSPS) is 30.3. The Bertz CT molecular complexity index is 714. The van der Waals surface area contributed by atoms with Crippen molar-refractivity contribution >= 4 is 11.6 Å². The zero-order valence-corrected chi connectivity index (χ0v) is 12.5. The third-order valence-electron chi connectivity index (χ3n) is 4.70. The molecule has 0 spiro atoms. The number of hydrogen-bond donors (Lipinski definition) is 1. The number of pyridine rings is 1. The average Bonchev–Trinajstić information content (AvgIpc) is 3.10. The summed E-state index contributed by atoms with van der Waals surface area (Å²) in [7, 11) is 4.05. The summed E-state index contributed by atoms with van der Waals surface area (Å²) < 4.78 is 7.30. The van der Waals surface area contributed by atoms with Crippen LogP contribution in [0.4, 0.5) is 0 Å². The fourth-order valence-corrected chi connectivity index (χ4v) is 3.60. The molecule has 0 bridgehead atoms. The summed E-state index contributed by atoms with van der Waals surface area (Å²) in [5.41, 5.74) is 1.13. The summed E-state index contributed by atoms with van der Waals surface area (Å²) in [6.45, 7) is 0.781. The highest BCUT2D eigenvalue weighted by Gasteiger charge is 2.55. The number of tetrazole rings is 1. The number of ether oxygens (including phenoxy) is 1. The molecule has 1 saturated carbocycles. The van der Waals surface area contributed by atoms with Crippen molar-refractivity contribution in [3.63, 3.8) is 0 Å². The van der Waals surface area contributed by atoms with Gasteiger partial charge in [0.15, 0.2) is 5.65 Å². The molecule has 0 aromatic carbocycles. The molecule has 0 radical (unpaired) electrons. The summed E-state index contributed by atoms with van der Waals surface area (Å²) in [5.74, 6) is 0.322. The second-order valence-corrected chi connectivity index (χ2v) is 6.14. The van der Waals surface area contributed by atoms with Crippen LogP contribution in [0.5, 0.6) is 0 Å². The molecule has 3 heterocycles. The van der Waals surface area contributed by atoms with Crippen molar-refractivity contribution < 1.29 is 9.53 Å². The van der Waals surface area contributed by atoms with Crippen molar-refractivity contribution in [2.75, 3.05) is 20.7 Å². The molecule has 2 fully saturated rings. The number of fused-ring (bicyclic) bond motifs is 2. The SMILES string of the molecule is CN(C)[C@@H]1[C@@H](NC(=O)c2ccn3nnnc3c2)[C@H]2CCO[C@H]21. The third-order valence-corrected chi connectivity index (χ3v) is 4.70. The maximum atomic E-state index is 12.5. The number of aromatic nitrogens is 4. The number of hydrogen-bond acceptors (Lipinski definition) is 6. The predicted molar refractivity (Wildman–Crippen MR) is 77.4 cm³/mol. The quantitative estimate of drug-likeness (QED) is 0.828. The molecular weight excluding hydrogens is 284 g/mol. The van der Waals surface area contributed by atoms with E-state index in [1.807, 2.05) is 14.1 Å². The lowest BCUT2D eigenvalue weighted by molar-refractivity contribution is -0.0664. The molecule has 8 nitrogen and oxygen atoms in total. The van der Waals surface area contributed by atoms with E-state index < -0.39 is 0 Å². The fraction of sp³-hybridized carbons (Fsp3) is 0.571. The molecular formula is C14H18N6O2. The first-order chi connectivity index (χ1) is 10.6. The largest absolute Gasteiger partial charge is 0.376 e. The Morgan fingerprint density at radius 1 is 1.50 bits per heavy atom. The lowest BCUT2D eigenvalue weighted by atomic mass is 9.71. The highest BCUT2D eigenvalue weighted by atomic mass is 16.5. The molecule has 8 heteroatoms. The monoisotopic (exact) mass is 302 g/mol. The van der Waals surface area contributed by atoms with Crippen molar-refractivity contribution in [2.24, 2.45) is 5.92 Å². The minimum absolute atomic E-state index is 0.0901. The van der Waals surface area contributed by atoms with E-state index in [0.29, 0.717) is 17.1 Å². The van der Waals surface area contributed by atoms with Crippen LogP contribution in [0.1, 0.15) is 16.8 Å². The lowest BCUT2D eigenvalue weighted by Gasteiger charge is -2.50. The van der Waals surface area contributed by atoms with Gasteiger partial charge in [-0.15, -0.1) is 5.10 Å². The Labute approximate surface area is 127 Å². The van der Waals surface area contributed by atoms with Crippen LogP contribution in [0.15, 0.2) is 18.3 Å². The van der Waals surface area contributed by atoms with E-state index in [4.69, 9.17) is 4.74 Å². The third kappa shape index (κ3) is 1.98. The van der Waals surface area contributed by atoms with Crippen molar-refractivity contribution in [2.45, 2.75) is 24.6 Å².